The number of benzene rings is 3. The third kappa shape index (κ3) is 2.91. The highest BCUT2D eigenvalue weighted by molar-refractivity contribution is 14.1. The van der Waals surface area contributed by atoms with Crippen molar-refractivity contribution in [2.75, 3.05) is 0 Å². The van der Waals surface area contributed by atoms with Crippen molar-refractivity contribution in [1.29, 1.82) is 0 Å². The van der Waals surface area contributed by atoms with E-state index in [4.69, 9.17) is 3.07 Å². The second-order valence-corrected chi connectivity index (χ2v) is 5.88. The molecule has 3 heteroatoms. The number of fused-ring (bicyclic) bond motifs is 1. The third-order valence-electron chi connectivity index (χ3n) is 4.04. The average molecular weight is 428 g/mol. The van der Waals surface area contributed by atoms with E-state index in [1.165, 1.54) is 0 Å². The Morgan fingerprint density at radius 3 is 2.46 bits per heavy atom. The van der Waals surface area contributed by atoms with Crippen molar-refractivity contribution in [1.82, 2.24) is 0 Å². The summed E-state index contributed by atoms with van der Waals surface area (Å²) >= 11 is 1.87. The van der Waals surface area contributed by atoms with Gasteiger partial charge in [-0.15, -0.1) is 0 Å². The van der Waals surface area contributed by atoms with Gasteiger partial charge in [-0.05, 0) is 40.3 Å². The Bertz CT molecular complexity index is 1040. The van der Waals surface area contributed by atoms with Crippen LogP contribution in [0.2, 0.25) is 0 Å². The van der Waals surface area contributed by atoms with Gasteiger partial charge >= 0.3 is 0 Å². The number of aromatic hydroxyl groups is 1. The normalized spacial score (nSPS) is 13.0. The minimum atomic E-state index is 0.222. The van der Waals surface area contributed by atoms with Crippen molar-refractivity contribution in [3.05, 3.63) is 88.5 Å². The highest BCUT2D eigenvalue weighted by Crippen LogP contribution is 2.35. The van der Waals surface area contributed by atoms with Crippen LogP contribution in [-0.4, -0.2) is 5.11 Å². The zero-order chi connectivity index (χ0) is 17.1. The standard InChI is InChI=1S/C21H17IO2/c1-3-19(24-22)21(16-10-6-4-8-14(16)2)20-17-11-7-5-9-15(17)12-13-18(20)23/h3-13,23H,2H2,1H3/b19-3+,21-16+. The maximum absolute atomic E-state index is 10.6. The first-order chi connectivity index (χ1) is 11.7. The molecule has 3 aromatic rings. The molecule has 0 radical (unpaired) electrons. The molecular formula is C21H17IO2. The van der Waals surface area contributed by atoms with Gasteiger partial charge < -0.3 is 8.17 Å². The summed E-state index contributed by atoms with van der Waals surface area (Å²) in [5.41, 5.74) is 1.60. The van der Waals surface area contributed by atoms with Gasteiger partial charge in [0.1, 0.15) is 11.5 Å². The highest BCUT2D eigenvalue weighted by Gasteiger charge is 2.17. The Morgan fingerprint density at radius 2 is 1.75 bits per heavy atom. The maximum atomic E-state index is 10.6. The van der Waals surface area contributed by atoms with E-state index < -0.39 is 0 Å². The quantitative estimate of drug-likeness (QED) is 0.494. The van der Waals surface area contributed by atoms with Gasteiger partial charge in [-0.1, -0.05) is 61.2 Å². The summed E-state index contributed by atoms with van der Waals surface area (Å²) in [7, 11) is 0. The van der Waals surface area contributed by atoms with E-state index in [0.29, 0.717) is 5.76 Å². The molecule has 0 unspecified atom stereocenters. The van der Waals surface area contributed by atoms with Crippen LogP contribution in [0.15, 0.2) is 72.5 Å². The van der Waals surface area contributed by atoms with Gasteiger partial charge in [-0.3, -0.25) is 0 Å². The first kappa shape index (κ1) is 16.6. The molecule has 24 heavy (non-hydrogen) atoms. The number of hydrogen-bond acceptors (Lipinski definition) is 2. The van der Waals surface area contributed by atoms with E-state index in [1.807, 2.05) is 90.6 Å². The lowest BCUT2D eigenvalue weighted by atomic mass is 9.93. The fourth-order valence-corrected chi connectivity index (χ4v) is 3.38. The molecule has 0 aliphatic heterocycles. The van der Waals surface area contributed by atoms with Crippen molar-refractivity contribution in [2.45, 2.75) is 6.92 Å². The van der Waals surface area contributed by atoms with E-state index >= 15 is 0 Å². The molecule has 120 valence electrons. The summed E-state index contributed by atoms with van der Waals surface area (Å²) in [6.07, 6.45) is 1.90. The van der Waals surface area contributed by atoms with E-state index in [1.54, 1.807) is 6.07 Å². The zero-order valence-corrected chi connectivity index (χ0v) is 15.4. The number of phenols is 1. The third-order valence-corrected chi connectivity index (χ3v) is 4.51. The molecule has 3 rings (SSSR count). The molecule has 2 nitrogen and oxygen atoms in total. The first-order valence-electron chi connectivity index (χ1n) is 7.62. The summed E-state index contributed by atoms with van der Waals surface area (Å²) in [5, 5.41) is 14.5. The van der Waals surface area contributed by atoms with Crippen molar-refractivity contribution >= 4 is 45.9 Å². The van der Waals surface area contributed by atoms with Gasteiger partial charge in [-0.2, -0.15) is 0 Å². The Hall–Kier alpha value is -2.27. The van der Waals surface area contributed by atoms with E-state index in [0.717, 1.165) is 32.3 Å². The Morgan fingerprint density at radius 1 is 1.04 bits per heavy atom. The summed E-state index contributed by atoms with van der Waals surface area (Å²) in [6.45, 7) is 6.06. The Kier molecular flexibility index (Phi) is 4.90. The van der Waals surface area contributed by atoms with E-state index in [2.05, 4.69) is 6.58 Å². The van der Waals surface area contributed by atoms with Crippen molar-refractivity contribution in [3.8, 4) is 5.75 Å². The monoisotopic (exact) mass is 428 g/mol. The maximum Gasteiger partial charge on any atom is 0.192 e. The van der Waals surface area contributed by atoms with Gasteiger partial charge in [0.05, 0.1) is 0 Å². The van der Waals surface area contributed by atoms with E-state index in [9.17, 15) is 5.11 Å². The second kappa shape index (κ2) is 7.09. The van der Waals surface area contributed by atoms with Crippen molar-refractivity contribution in [2.24, 2.45) is 0 Å². The molecule has 0 saturated carbocycles. The molecule has 0 fully saturated rings. The molecule has 0 bridgehead atoms. The molecule has 3 aromatic carbocycles. The molecule has 0 saturated heterocycles. The fourth-order valence-electron chi connectivity index (χ4n) is 2.91. The smallest absolute Gasteiger partial charge is 0.192 e. The van der Waals surface area contributed by atoms with Gasteiger partial charge in [0.2, 0.25) is 0 Å². The van der Waals surface area contributed by atoms with E-state index in [-0.39, 0.29) is 5.75 Å². The van der Waals surface area contributed by atoms with Crippen LogP contribution >= 0.6 is 23.0 Å². The zero-order valence-electron chi connectivity index (χ0n) is 13.3. The Balaban J connectivity index is 2.56. The summed E-state index contributed by atoms with van der Waals surface area (Å²) in [6, 6.07) is 19.5. The number of allylic oxidation sites excluding steroid dienone is 2. The summed E-state index contributed by atoms with van der Waals surface area (Å²) < 4.78 is 5.58. The van der Waals surface area contributed by atoms with Gasteiger partial charge in [0.25, 0.3) is 0 Å². The van der Waals surface area contributed by atoms with Crippen LogP contribution in [0.5, 0.6) is 5.75 Å². The summed E-state index contributed by atoms with van der Waals surface area (Å²) in [4.78, 5) is 0. The summed E-state index contributed by atoms with van der Waals surface area (Å²) in [5.74, 6) is 0.915. The second-order valence-electron chi connectivity index (χ2n) is 5.44. The number of phenolic OH excluding ortho intramolecular Hbond substituents is 1. The highest BCUT2D eigenvalue weighted by atomic mass is 127. The molecule has 0 heterocycles. The molecule has 0 amide bonds. The SMILES string of the molecule is C=c1cccc/c1=C(/C(=C\C)OI)c1c(O)ccc2ccccc12. The van der Waals surface area contributed by atoms with Crippen molar-refractivity contribution in [3.63, 3.8) is 0 Å². The average Bonchev–Trinajstić information content (AvgIpc) is 2.61. The topological polar surface area (TPSA) is 29.5 Å². The molecule has 0 atom stereocenters. The minimum Gasteiger partial charge on any atom is -0.507 e. The van der Waals surface area contributed by atoms with Crippen LogP contribution in [0, 0.1) is 0 Å². The lowest BCUT2D eigenvalue weighted by molar-refractivity contribution is 0.473. The minimum absolute atomic E-state index is 0.222. The molecular weight excluding hydrogens is 411 g/mol. The molecule has 0 aromatic heterocycles. The molecule has 0 aliphatic carbocycles. The molecule has 1 N–H and O–H groups in total. The van der Waals surface area contributed by atoms with Gasteiger partial charge in [-0.25, -0.2) is 0 Å². The molecule has 0 aliphatic rings. The molecule has 0 spiro atoms. The first-order valence-corrected chi connectivity index (χ1v) is 8.50. The van der Waals surface area contributed by atoms with Crippen LogP contribution in [0.4, 0.5) is 0 Å². The number of hydrogen-bond donors (Lipinski definition) is 1. The van der Waals surface area contributed by atoms with Crippen LogP contribution in [0.25, 0.3) is 22.9 Å². The lowest BCUT2D eigenvalue weighted by Gasteiger charge is -2.15. The predicted octanol–water partition coefficient (Wildman–Crippen LogP) is 4.43. The number of rotatable bonds is 3. The lowest BCUT2D eigenvalue weighted by Crippen LogP contribution is -2.26. The van der Waals surface area contributed by atoms with Crippen LogP contribution in [0.1, 0.15) is 12.5 Å². The van der Waals surface area contributed by atoms with Crippen LogP contribution in [-0.2, 0) is 3.07 Å². The van der Waals surface area contributed by atoms with Crippen LogP contribution in [0.3, 0.4) is 0 Å². The predicted molar refractivity (Wildman–Crippen MR) is 108 cm³/mol. The van der Waals surface area contributed by atoms with Gasteiger partial charge in [0, 0.05) is 11.1 Å². The van der Waals surface area contributed by atoms with Crippen LogP contribution < -0.4 is 10.4 Å². The fraction of sp³-hybridized carbons (Fsp3) is 0.0476. The number of halogens is 1. The van der Waals surface area contributed by atoms with Gasteiger partial charge in [0.15, 0.2) is 23.0 Å². The van der Waals surface area contributed by atoms with Crippen molar-refractivity contribution < 1.29 is 8.17 Å². The Labute approximate surface area is 155 Å². The largest absolute Gasteiger partial charge is 0.507 e.